The lowest BCUT2D eigenvalue weighted by Crippen LogP contribution is -2.48. The summed E-state index contributed by atoms with van der Waals surface area (Å²) in [5.74, 6) is 1.30. The van der Waals surface area contributed by atoms with E-state index in [1.807, 2.05) is 18.2 Å². The molecule has 1 fully saturated rings. The zero-order valence-electron chi connectivity index (χ0n) is 12.9. The summed E-state index contributed by atoms with van der Waals surface area (Å²) in [5, 5.41) is 8.29. The summed E-state index contributed by atoms with van der Waals surface area (Å²) in [6.45, 7) is 2.12. The van der Waals surface area contributed by atoms with E-state index in [4.69, 9.17) is 9.47 Å². The maximum atomic E-state index is 12.0. The smallest absolute Gasteiger partial charge is 0.315 e. The van der Waals surface area contributed by atoms with Crippen LogP contribution in [0.1, 0.15) is 24.8 Å². The Morgan fingerprint density at radius 3 is 2.91 bits per heavy atom. The van der Waals surface area contributed by atoms with Crippen molar-refractivity contribution >= 4 is 11.9 Å². The molecule has 1 atom stereocenters. The molecular weight excluding hydrogens is 298 g/mol. The van der Waals surface area contributed by atoms with Gasteiger partial charge >= 0.3 is 6.03 Å². The van der Waals surface area contributed by atoms with Crippen LogP contribution in [0.3, 0.4) is 0 Å². The minimum Gasteiger partial charge on any atom is -0.486 e. The molecule has 2 aliphatic rings. The number of fused-ring (bicyclic) bond motifs is 1. The molecule has 7 heteroatoms. The van der Waals surface area contributed by atoms with Crippen LogP contribution >= 0.6 is 0 Å². The predicted octanol–water partition coefficient (Wildman–Crippen LogP) is 0.926. The number of urea groups is 1. The SMILES string of the molecule is O=C(NCc1ccc2c(c1)OCCO2)NC1CCCCNC1=O. The molecule has 2 aliphatic heterocycles. The lowest BCUT2D eigenvalue weighted by Gasteiger charge is -2.19. The average molecular weight is 319 g/mol. The standard InChI is InChI=1S/C16H21N3O4/c20-15-12(3-1-2-6-17-15)19-16(21)18-10-11-4-5-13-14(9-11)23-8-7-22-13/h4-5,9,12H,1-3,6-8,10H2,(H,17,20)(H2,18,19,21). The van der Waals surface area contributed by atoms with E-state index < -0.39 is 6.04 Å². The molecule has 0 bridgehead atoms. The maximum absolute atomic E-state index is 12.0. The average Bonchev–Trinajstić information content (AvgIpc) is 2.77. The van der Waals surface area contributed by atoms with Crippen LogP contribution in [0.4, 0.5) is 4.79 Å². The van der Waals surface area contributed by atoms with Gasteiger partial charge in [-0.15, -0.1) is 0 Å². The molecule has 1 unspecified atom stereocenters. The van der Waals surface area contributed by atoms with Crippen LogP contribution < -0.4 is 25.4 Å². The number of benzene rings is 1. The van der Waals surface area contributed by atoms with E-state index in [-0.39, 0.29) is 11.9 Å². The van der Waals surface area contributed by atoms with E-state index in [0.717, 1.165) is 24.2 Å². The van der Waals surface area contributed by atoms with Crippen LogP contribution in [-0.4, -0.2) is 37.7 Å². The minimum atomic E-state index is -0.460. The number of carbonyl (C=O) groups excluding carboxylic acids is 2. The Morgan fingerprint density at radius 2 is 2.04 bits per heavy atom. The van der Waals surface area contributed by atoms with Crippen molar-refractivity contribution in [2.45, 2.75) is 31.8 Å². The Labute approximate surface area is 134 Å². The quantitative estimate of drug-likeness (QED) is 0.773. The first-order valence-corrected chi connectivity index (χ1v) is 7.93. The van der Waals surface area contributed by atoms with Crippen LogP contribution in [0.15, 0.2) is 18.2 Å². The molecule has 0 spiro atoms. The highest BCUT2D eigenvalue weighted by Gasteiger charge is 2.22. The van der Waals surface area contributed by atoms with Gasteiger partial charge < -0.3 is 25.4 Å². The second kappa shape index (κ2) is 7.21. The first kappa shape index (κ1) is 15.5. The van der Waals surface area contributed by atoms with Crippen LogP contribution in [0.25, 0.3) is 0 Å². The molecule has 7 nitrogen and oxygen atoms in total. The summed E-state index contributed by atoms with van der Waals surface area (Å²) in [6.07, 6.45) is 2.54. The fraction of sp³-hybridized carbons (Fsp3) is 0.500. The second-order valence-corrected chi connectivity index (χ2v) is 5.64. The molecular formula is C16H21N3O4. The van der Waals surface area contributed by atoms with Crippen LogP contribution in [0, 0.1) is 0 Å². The summed E-state index contributed by atoms with van der Waals surface area (Å²) in [5.41, 5.74) is 0.912. The number of amides is 3. The van der Waals surface area contributed by atoms with Gasteiger partial charge in [0.05, 0.1) is 0 Å². The Hall–Kier alpha value is -2.44. The zero-order chi connectivity index (χ0) is 16.1. The molecule has 124 valence electrons. The van der Waals surface area contributed by atoms with Gasteiger partial charge in [0.15, 0.2) is 11.5 Å². The Balaban J connectivity index is 1.51. The molecule has 1 aromatic rings. The molecule has 0 aromatic heterocycles. The van der Waals surface area contributed by atoms with Gasteiger partial charge in [0, 0.05) is 13.1 Å². The molecule has 23 heavy (non-hydrogen) atoms. The lowest BCUT2D eigenvalue weighted by atomic mass is 10.1. The lowest BCUT2D eigenvalue weighted by molar-refractivity contribution is -0.122. The van der Waals surface area contributed by atoms with Crippen molar-refractivity contribution in [2.75, 3.05) is 19.8 Å². The Morgan fingerprint density at radius 1 is 1.22 bits per heavy atom. The molecule has 0 aliphatic carbocycles. The van der Waals surface area contributed by atoms with E-state index in [1.165, 1.54) is 0 Å². The second-order valence-electron chi connectivity index (χ2n) is 5.64. The Kier molecular flexibility index (Phi) is 4.85. The molecule has 3 N–H and O–H groups in total. The van der Waals surface area contributed by atoms with Crippen LogP contribution in [0.5, 0.6) is 11.5 Å². The molecule has 1 aromatic carbocycles. The monoisotopic (exact) mass is 319 g/mol. The van der Waals surface area contributed by atoms with E-state index in [2.05, 4.69) is 16.0 Å². The third-order valence-corrected chi connectivity index (χ3v) is 3.90. The van der Waals surface area contributed by atoms with E-state index in [0.29, 0.717) is 38.5 Å². The Bertz CT molecular complexity index is 591. The summed E-state index contributed by atoms with van der Waals surface area (Å²) >= 11 is 0. The van der Waals surface area contributed by atoms with Crippen molar-refractivity contribution < 1.29 is 19.1 Å². The summed E-state index contributed by atoms with van der Waals surface area (Å²) in [6, 6.07) is 4.77. The van der Waals surface area contributed by atoms with Gasteiger partial charge in [0.1, 0.15) is 19.3 Å². The summed E-state index contributed by atoms with van der Waals surface area (Å²) in [7, 11) is 0. The van der Waals surface area contributed by atoms with Crippen molar-refractivity contribution in [1.82, 2.24) is 16.0 Å². The van der Waals surface area contributed by atoms with Crippen LogP contribution in [0.2, 0.25) is 0 Å². The first-order chi connectivity index (χ1) is 11.2. The van der Waals surface area contributed by atoms with Gasteiger partial charge in [0.25, 0.3) is 0 Å². The highest BCUT2D eigenvalue weighted by molar-refractivity contribution is 5.87. The number of carbonyl (C=O) groups is 2. The van der Waals surface area contributed by atoms with Crippen molar-refractivity contribution in [2.24, 2.45) is 0 Å². The number of hydrogen-bond donors (Lipinski definition) is 3. The highest BCUT2D eigenvalue weighted by Crippen LogP contribution is 2.30. The molecule has 3 amide bonds. The van der Waals surface area contributed by atoms with Gasteiger partial charge in [0.2, 0.25) is 5.91 Å². The topological polar surface area (TPSA) is 88.7 Å². The largest absolute Gasteiger partial charge is 0.486 e. The van der Waals surface area contributed by atoms with Crippen LogP contribution in [-0.2, 0) is 11.3 Å². The third-order valence-electron chi connectivity index (χ3n) is 3.90. The van der Waals surface area contributed by atoms with Gasteiger partial charge in [-0.2, -0.15) is 0 Å². The van der Waals surface area contributed by atoms with Crippen molar-refractivity contribution in [3.05, 3.63) is 23.8 Å². The number of hydrogen-bond acceptors (Lipinski definition) is 4. The summed E-state index contributed by atoms with van der Waals surface area (Å²) in [4.78, 5) is 23.8. The third kappa shape index (κ3) is 4.06. The fourth-order valence-electron chi connectivity index (χ4n) is 2.67. The predicted molar refractivity (Wildman–Crippen MR) is 83.5 cm³/mol. The van der Waals surface area contributed by atoms with E-state index in [1.54, 1.807) is 0 Å². The normalized spacial score (nSPS) is 20.2. The van der Waals surface area contributed by atoms with Crippen molar-refractivity contribution in [3.8, 4) is 11.5 Å². The highest BCUT2D eigenvalue weighted by atomic mass is 16.6. The van der Waals surface area contributed by atoms with Crippen molar-refractivity contribution in [1.29, 1.82) is 0 Å². The van der Waals surface area contributed by atoms with Gasteiger partial charge in [-0.05, 0) is 37.0 Å². The van der Waals surface area contributed by atoms with Crippen molar-refractivity contribution in [3.63, 3.8) is 0 Å². The van der Waals surface area contributed by atoms with Gasteiger partial charge in [-0.25, -0.2) is 4.79 Å². The molecule has 2 heterocycles. The van der Waals surface area contributed by atoms with E-state index in [9.17, 15) is 9.59 Å². The maximum Gasteiger partial charge on any atom is 0.315 e. The molecule has 0 radical (unpaired) electrons. The van der Waals surface area contributed by atoms with Gasteiger partial charge in [-0.3, -0.25) is 4.79 Å². The molecule has 1 saturated heterocycles. The summed E-state index contributed by atoms with van der Waals surface area (Å²) < 4.78 is 11.0. The zero-order valence-corrected chi connectivity index (χ0v) is 12.9. The first-order valence-electron chi connectivity index (χ1n) is 7.93. The minimum absolute atomic E-state index is 0.114. The van der Waals surface area contributed by atoms with E-state index >= 15 is 0 Å². The number of rotatable bonds is 3. The number of ether oxygens (including phenoxy) is 2. The molecule has 0 saturated carbocycles. The fourth-order valence-corrected chi connectivity index (χ4v) is 2.67. The molecule has 3 rings (SSSR count). The van der Waals surface area contributed by atoms with Gasteiger partial charge in [-0.1, -0.05) is 6.07 Å². The number of nitrogens with one attached hydrogen (secondary N) is 3.